The average Bonchev–Trinajstić information content (AvgIpc) is 3.15. The molecule has 2 aromatic heterocycles. The summed E-state index contributed by atoms with van der Waals surface area (Å²) in [6.07, 6.45) is 0. The Hall–Kier alpha value is -1.94. The summed E-state index contributed by atoms with van der Waals surface area (Å²) < 4.78 is 8.73. The summed E-state index contributed by atoms with van der Waals surface area (Å²) in [4.78, 5) is 12.1. The molecule has 28 heavy (non-hydrogen) atoms. The molecule has 0 N–H and O–H groups in total. The molecule has 0 atom stereocenters. The van der Waals surface area contributed by atoms with Gasteiger partial charge in [0.15, 0.2) is 0 Å². The number of rotatable bonds is 5. The molecule has 0 fully saturated rings. The Morgan fingerprint density at radius 2 is 1.54 bits per heavy atom. The van der Waals surface area contributed by atoms with Crippen LogP contribution in [0.15, 0.2) is 24.3 Å². The molecule has 3 aromatic rings. The summed E-state index contributed by atoms with van der Waals surface area (Å²) in [5, 5.41) is 9.00. The van der Waals surface area contributed by atoms with E-state index in [1.807, 2.05) is 61.3 Å². The molecule has 2 heterocycles. The van der Waals surface area contributed by atoms with E-state index >= 15 is 0 Å². The molecule has 0 radical (unpaired) electrons. The molecule has 0 aliphatic rings. The standard InChI is InChI=1S/C20H23N4O2.ClH.Pd/c1-13-6-15(3)23(21-13)11-17-8-18(10-19(9-17)20(25)26-5)12-24-16(4)7-14(2)22-24;;/h6-9H,11-12H2,1-5H3;1H;/q-1;;+2/p-1. The third-order valence-corrected chi connectivity index (χ3v) is 4.25. The van der Waals surface area contributed by atoms with Gasteiger partial charge < -0.3 is 9.53 Å². The van der Waals surface area contributed by atoms with Crippen molar-refractivity contribution in [1.29, 1.82) is 0 Å². The molecule has 0 bridgehead atoms. The molecule has 0 unspecified atom stereocenters. The fourth-order valence-electron chi connectivity index (χ4n) is 3.10. The van der Waals surface area contributed by atoms with Crippen molar-refractivity contribution < 1.29 is 27.7 Å². The predicted octanol–water partition coefficient (Wildman–Crippen LogP) is 3.68. The van der Waals surface area contributed by atoms with Crippen LogP contribution in [0.1, 0.15) is 44.3 Å². The Kier molecular flexibility index (Phi) is 8.00. The molecule has 1 aromatic carbocycles. The Bertz CT molecular complexity index is 899. The number of aryl methyl sites for hydroxylation is 4. The van der Waals surface area contributed by atoms with Crippen LogP contribution in [-0.2, 0) is 36.0 Å². The second-order valence-electron chi connectivity index (χ2n) is 6.59. The van der Waals surface area contributed by atoms with E-state index in [-0.39, 0.29) is 0 Å². The summed E-state index contributed by atoms with van der Waals surface area (Å²) in [5.74, 6) is -0.394. The van der Waals surface area contributed by atoms with Crippen LogP contribution in [0.4, 0.5) is 0 Å². The van der Waals surface area contributed by atoms with Crippen LogP contribution in [0.3, 0.4) is 0 Å². The number of aromatic nitrogens is 4. The van der Waals surface area contributed by atoms with Gasteiger partial charge in [0.05, 0.1) is 18.5 Å². The zero-order valence-corrected chi connectivity index (χ0v) is 18.8. The Labute approximate surface area is 180 Å². The summed E-state index contributed by atoms with van der Waals surface area (Å²) in [5.41, 5.74) is 6.37. The van der Waals surface area contributed by atoms with Crippen LogP contribution in [0.2, 0.25) is 0 Å². The second-order valence-corrected chi connectivity index (χ2v) is 6.59. The molecule has 0 amide bonds. The van der Waals surface area contributed by atoms with E-state index in [1.165, 1.54) is 7.11 Å². The summed E-state index contributed by atoms with van der Waals surface area (Å²) in [7, 11) is 5.87. The minimum absolute atomic E-state index is 0.394. The number of methoxy groups -OCH3 is 1. The first-order chi connectivity index (χ1) is 13.4. The Morgan fingerprint density at radius 3 is 2.00 bits per heavy atom. The van der Waals surface area contributed by atoms with Gasteiger partial charge in [0.1, 0.15) is 0 Å². The average molecular weight is 493 g/mol. The molecule has 3 rings (SSSR count). The molecule has 0 aliphatic heterocycles. The van der Waals surface area contributed by atoms with E-state index in [0.717, 1.165) is 33.9 Å². The first-order valence-electron chi connectivity index (χ1n) is 8.63. The first-order valence-corrected chi connectivity index (χ1v) is 10.6. The van der Waals surface area contributed by atoms with Crippen molar-refractivity contribution in [3.05, 3.63) is 69.8 Å². The van der Waals surface area contributed by atoms with Gasteiger partial charge in [0, 0.05) is 24.5 Å². The number of carbonyl (C=O) groups is 1. The van der Waals surface area contributed by atoms with E-state index in [2.05, 4.69) is 44.0 Å². The number of halogens is 1. The normalized spacial score (nSPS) is 10.4. The third-order valence-electron chi connectivity index (χ3n) is 4.25. The maximum absolute atomic E-state index is 12.1. The van der Waals surface area contributed by atoms with E-state index < -0.39 is 5.97 Å². The molecular formula is C20H23ClN4O2Pd. The third kappa shape index (κ3) is 5.54. The monoisotopic (exact) mass is 492 g/mol. The maximum atomic E-state index is 12.1. The van der Waals surface area contributed by atoms with E-state index in [4.69, 9.17) is 4.74 Å². The van der Waals surface area contributed by atoms with Crippen molar-refractivity contribution in [2.75, 3.05) is 7.11 Å². The fraction of sp³-hybridized carbons (Fsp3) is 0.350. The van der Waals surface area contributed by atoms with Crippen molar-refractivity contribution in [1.82, 2.24) is 19.6 Å². The SMILES string of the molecule is COC(=O)c1[c-]c(Cn2nc(C)cc2C)cc(Cn2nc(C)cc2C)c1.[Cl][Pd+]. The molecule has 152 valence electrons. The Morgan fingerprint density at radius 1 is 1.00 bits per heavy atom. The van der Waals surface area contributed by atoms with Gasteiger partial charge in [-0.15, -0.1) is 29.3 Å². The van der Waals surface area contributed by atoms with Gasteiger partial charge >= 0.3 is 27.7 Å². The zero-order valence-electron chi connectivity index (χ0n) is 16.5. The van der Waals surface area contributed by atoms with Crippen LogP contribution in [0.25, 0.3) is 0 Å². The molecule has 0 saturated carbocycles. The van der Waals surface area contributed by atoms with Crippen LogP contribution in [0.5, 0.6) is 0 Å². The number of ether oxygens (including phenoxy) is 1. The van der Waals surface area contributed by atoms with Crippen molar-refractivity contribution in [2.45, 2.75) is 40.8 Å². The van der Waals surface area contributed by atoms with E-state index in [0.29, 0.717) is 18.7 Å². The fourth-order valence-corrected chi connectivity index (χ4v) is 3.10. The predicted molar refractivity (Wildman–Crippen MR) is 104 cm³/mol. The van der Waals surface area contributed by atoms with Gasteiger partial charge in [-0.2, -0.15) is 10.2 Å². The number of esters is 1. The van der Waals surface area contributed by atoms with Crippen molar-refractivity contribution in [3.8, 4) is 0 Å². The van der Waals surface area contributed by atoms with Gasteiger partial charge in [-0.3, -0.25) is 9.36 Å². The zero-order chi connectivity index (χ0) is 20.8. The van der Waals surface area contributed by atoms with Crippen LogP contribution >= 0.6 is 9.53 Å². The van der Waals surface area contributed by atoms with Crippen LogP contribution < -0.4 is 0 Å². The topological polar surface area (TPSA) is 61.9 Å². The quantitative estimate of drug-likeness (QED) is 0.309. The summed E-state index contributed by atoms with van der Waals surface area (Å²) in [6, 6.07) is 11.1. The molecule has 8 heteroatoms. The second kappa shape index (κ2) is 10.0. The van der Waals surface area contributed by atoms with Gasteiger partial charge in [-0.25, -0.2) is 0 Å². The summed E-state index contributed by atoms with van der Waals surface area (Å²) in [6.45, 7) is 9.11. The van der Waals surface area contributed by atoms with E-state index in [9.17, 15) is 4.79 Å². The van der Waals surface area contributed by atoms with Crippen molar-refractivity contribution >= 4 is 15.5 Å². The van der Waals surface area contributed by atoms with Gasteiger partial charge in [-0.1, -0.05) is 5.56 Å². The number of nitrogens with zero attached hydrogens (tertiary/aromatic N) is 4. The number of hydrogen-bond donors (Lipinski definition) is 0. The van der Waals surface area contributed by atoms with Crippen molar-refractivity contribution in [2.24, 2.45) is 0 Å². The van der Waals surface area contributed by atoms with E-state index in [1.54, 1.807) is 0 Å². The Balaban J connectivity index is 0.00000136. The van der Waals surface area contributed by atoms with Crippen molar-refractivity contribution in [3.63, 3.8) is 0 Å². The number of benzene rings is 1. The molecule has 0 spiro atoms. The number of carbonyl (C=O) groups excluding carboxylic acids is 1. The molecule has 0 aliphatic carbocycles. The first kappa shape index (κ1) is 22.4. The minimum atomic E-state index is -0.394. The van der Waals surface area contributed by atoms with Crippen LogP contribution in [-0.4, -0.2) is 32.6 Å². The van der Waals surface area contributed by atoms with Gasteiger partial charge in [-0.05, 0) is 39.8 Å². The van der Waals surface area contributed by atoms with Gasteiger partial charge in [0.25, 0.3) is 0 Å². The van der Waals surface area contributed by atoms with Gasteiger partial charge in [0.2, 0.25) is 5.97 Å². The van der Waals surface area contributed by atoms with Crippen LogP contribution in [0, 0.1) is 33.8 Å². The molecular weight excluding hydrogens is 470 g/mol. The number of hydrogen-bond acceptors (Lipinski definition) is 4. The summed E-state index contributed by atoms with van der Waals surface area (Å²) >= 11 is 2.22. The molecule has 0 saturated heterocycles. The molecule has 6 nitrogen and oxygen atoms in total.